The van der Waals surface area contributed by atoms with Crippen LogP contribution >= 0.6 is 0 Å². The van der Waals surface area contributed by atoms with Gasteiger partial charge in [-0.1, -0.05) is 0 Å². The molecule has 1 fully saturated rings. The number of amides is 1. The Morgan fingerprint density at radius 2 is 1.82 bits per heavy atom. The maximum atomic E-state index is 11.8. The van der Waals surface area contributed by atoms with Crippen molar-refractivity contribution in [2.45, 2.75) is 51.7 Å². The number of nitrogens with zero attached hydrogens (tertiary/aromatic N) is 1. The average Bonchev–Trinajstić information content (AvgIpc) is 2.15. The van der Waals surface area contributed by atoms with Gasteiger partial charge < -0.3 is 14.4 Å². The summed E-state index contributed by atoms with van der Waals surface area (Å²) in [7, 11) is 0. The Hall–Kier alpha value is -1.26. The molecule has 1 heterocycles. The molecule has 0 aromatic heterocycles. The van der Waals surface area contributed by atoms with E-state index in [-0.39, 0.29) is 6.09 Å². The topological polar surface area (TPSA) is 55.8 Å². The van der Waals surface area contributed by atoms with E-state index in [4.69, 9.17) is 9.47 Å². The molecule has 0 N–H and O–H groups in total. The third kappa shape index (κ3) is 4.24. The molecule has 1 aliphatic heterocycles. The van der Waals surface area contributed by atoms with Crippen molar-refractivity contribution in [3.63, 3.8) is 0 Å². The van der Waals surface area contributed by atoms with Gasteiger partial charge in [-0.25, -0.2) is 4.79 Å². The zero-order valence-electron chi connectivity index (χ0n) is 11.0. The Labute approximate surface area is 102 Å². The summed E-state index contributed by atoms with van der Waals surface area (Å²) in [5, 5.41) is 0. The molecule has 0 unspecified atom stereocenters. The number of ether oxygens (including phenoxy) is 2. The minimum Gasteiger partial charge on any atom is -0.461 e. The van der Waals surface area contributed by atoms with E-state index in [9.17, 15) is 9.59 Å². The zero-order valence-corrected chi connectivity index (χ0v) is 11.0. The van der Waals surface area contributed by atoms with Gasteiger partial charge in [-0.05, 0) is 27.7 Å². The summed E-state index contributed by atoms with van der Waals surface area (Å²) in [6, 6.07) is 0. The average molecular weight is 243 g/mol. The molecule has 0 aliphatic carbocycles. The normalized spacial score (nSPS) is 19.6. The van der Waals surface area contributed by atoms with E-state index in [1.807, 2.05) is 27.7 Å². The lowest BCUT2D eigenvalue weighted by Gasteiger charge is -2.38. The van der Waals surface area contributed by atoms with Crippen molar-refractivity contribution in [2.75, 3.05) is 13.1 Å². The third-order valence-corrected chi connectivity index (χ3v) is 2.81. The Kier molecular flexibility index (Phi) is 4.01. The van der Waals surface area contributed by atoms with E-state index < -0.39 is 11.2 Å². The van der Waals surface area contributed by atoms with Crippen LogP contribution in [0.15, 0.2) is 0 Å². The second-order valence-electron chi connectivity index (χ2n) is 5.63. The van der Waals surface area contributed by atoms with Crippen LogP contribution in [-0.4, -0.2) is 41.8 Å². The van der Waals surface area contributed by atoms with Crippen molar-refractivity contribution >= 4 is 12.6 Å². The molecule has 98 valence electrons. The molecule has 5 nitrogen and oxygen atoms in total. The van der Waals surface area contributed by atoms with Crippen LogP contribution in [0.4, 0.5) is 4.79 Å². The minimum atomic E-state index is -0.475. The van der Waals surface area contributed by atoms with Crippen LogP contribution in [0.1, 0.15) is 40.5 Å². The fraction of sp³-hybridized carbons (Fsp3) is 0.833. The van der Waals surface area contributed by atoms with E-state index in [1.165, 1.54) is 0 Å². The van der Waals surface area contributed by atoms with E-state index in [2.05, 4.69) is 0 Å². The van der Waals surface area contributed by atoms with Gasteiger partial charge in [0.2, 0.25) is 0 Å². The van der Waals surface area contributed by atoms with Crippen molar-refractivity contribution in [1.29, 1.82) is 0 Å². The van der Waals surface area contributed by atoms with Gasteiger partial charge in [-0.15, -0.1) is 0 Å². The number of likely N-dealkylation sites (tertiary alicyclic amines) is 1. The van der Waals surface area contributed by atoms with Crippen LogP contribution in [0.5, 0.6) is 0 Å². The van der Waals surface area contributed by atoms with Crippen LogP contribution in [0, 0.1) is 0 Å². The lowest BCUT2D eigenvalue weighted by atomic mass is 9.94. The first kappa shape index (κ1) is 13.8. The molecule has 0 aromatic carbocycles. The molecule has 1 saturated heterocycles. The number of rotatable bonds is 2. The summed E-state index contributed by atoms with van der Waals surface area (Å²) >= 11 is 0. The van der Waals surface area contributed by atoms with Crippen molar-refractivity contribution in [3.05, 3.63) is 0 Å². The zero-order chi connectivity index (χ0) is 13.1. The predicted molar refractivity (Wildman–Crippen MR) is 62.6 cm³/mol. The number of carbonyl (C=O) groups excluding carboxylic acids is 2. The second-order valence-corrected chi connectivity index (χ2v) is 5.63. The van der Waals surface area contributed by atoms with Crippen LogP contribution in [-0.2, 0) is 14.3 Å². The molecule has 5 heteroatoms. The smallest absolute Gasteiger partial charge is 0.410 e. The fourth-order valence-electron chi connectivity index (χ4n) is 1.72. The monoisotopic (exact) mass is 243 g/mol. The fourth-order valence-corrected chi connectivity index (χ4v) is 1.72. The Balaban J connectivity index is 2.46. The van der Waals surface area contributed by atoms with Gasteiger partial charge in [0, 0.05) is 25.9 Å². The largest absolute Gasteiger partial charge is 0.461 e. The van der Waals surface area contributed by atoms with Gasteiger partial charge in [0.15, 0.2) is 0 Å². The van der Waals surface area contributed by atoms with Gasteiger partial charge in [0.25, 0.3) is 6.47 Å². The molecule has 0 atom stereocenters. The lowest BCUT2D eigenvalue weighted by Crippen LogP contribution is -2.47. The van der Waals surface area contributed by atoms with Crippen molar-refractivity contribution in [3.8, 4) is 0 Å². The van der Waals surface area contributed by atoms with Crippen molar-refractivity contribution < 1.29 is 19.1 Å². The standard InChI is InChI=1S/C12H21NO4/c1-11(2,3)17-10(15)13-7-5-12(4,6-8-13)16-9-14/h9H,5-8H2,1-4H3. The van der Waals surface area contributed by atoms with E-state index >= 15 is 0 Å². The van der Waals surface area contributed by atoms with E-state index in [0.29, 0.717) is 32.4 Å². The molecule has 0 saturated carbocycles. The van der Waals surface area contributed by atoms with E-state index in [1.54, 1.807) is 4.90 Å². The summed E-state index contributed by atoms with van der Waals surface area (Å²) < 4.78 is 10.3. The third-order valence-electron chi connectivity index (χ3n) is 2.81. The minimum absolute atomic E-state index is 0.300. The molecule has 1 amide bonds. The highest BCUT2D eigenvalue weighted by Gasteiger charge is 2.34. The summed E-state index contributed by atoms with van der Waals surface area (Å²) in [5.74, 6) is 0. The second kappa shape index (κ2) is 4.94. The predicted octanol–water partition coefficient (Wildman–Crippen LogP) is 1.95. The highest BCUT2D eigenvalue weighted by Crippen LogP contribution is 2.25. The summed E-state index contributed by atoms with van der Waals surface area (Å²) in [6.45, 7) is 8.99. The number of piperidine rings is 1. The molecule has 0 bridgehead atoms. The van der Waals surface area contributed by atoms with Crippen LogP contribution < -0.4 is 0 Å². The first-order chi connectivity index (χ1) is 7.76. The number of hydrogen-bond donors (Lipinski definition) is 0. The highest BCUT2D eigenvalue weighted by atomic mass is 16.6. The summed E-state index contributed by atoms with van der Waals surface area (Å²) in [6.07, 6.45) is 0.987. The van der Waals surface area contributed by atoms with Gasteiger partial charge in [-0.3, -0.25) is 4.79 Å². The Morgan fingerprint density at radius 3 is 2.24 bits per heavy atom. The number of carbonyl (C=O) groups is 2. The molecule has 17 heavy (non-hydrogen) atoms. The molecular weight excluding hydrogens is 222 g/mol. The highest BCUT2D eigenvalue weighted by molar-refractivity contribution is 5.68. The molecular formula is C12H21NO4. The van der Waals surface area contributed by atoms with Gasteiger partial charge >= 0.3 is 6.09 Å². The first-order valence-corrected chi connectivity index (χ1v) is 5.85. The maximum Gasteiger partial charge on any atom is 0.410 e. The Morgan fingerprint density at radius 1 is 1.29 bits per heavy atom. The van der Waals surface area contributed by atoms with Gasteiger partial charge in [0.05, 0.1) is 0 Å². The maximum absolute atomic E-state index is 11.8. The van der Waals surface area contributed by atoms with Gasteiger partial charge in [0.1, 0.15) is 11.2 Å². The van der Waals surface area contributed by atoms with Gasteiger partial charge in [-0.2, -0.15) is 0 Å². The van der Waals surface area contributed by atoms with Crippen LogP contribution in [0.3, 0.4) is 0 Å². The molecule has 1 rings (SSSR count). The summed E-state index contributed by atoms with van der Waals surface area (Å²) in [5.41, 5.74) is -0.919. The van der Waals surface area contributed by atoms with Crippen LogP contribution in [0.2, 0.25) is 0 Å². The molecule has 1 aliphatic rings. The summed E-state index contributed by atoms with van der Waals surface area (Å²) in [4.78, 5) is 23.8. The quantitative estimate of drug-likeness (QED) is 0.695. The molecule has 0 aromatic rings. The first-order valence-electron chi connectivity index (χ1n) is 5.85. The van der Waals surface area contributed by atoms with Crippen LogP contribution in [0.25, 0.3) is 0 Å². The lowest BCUT2D eigenvalue weighted by molar-refractivity contribution is -0.146. The number of hydrogen-bond acceptors (Lipinski definition) is 4. The van der Waals surface area contributed by atoms with Crippen molar-refractivity contribution in [1.82, 2.24) is 4.90 Å². The SMILES string of the molecule is CC(C)(C)OC(=O)N1CCC(C)(OC=O)CC1. The van der Waals surface area contributed by atoms with Crippen molar-refractivity contribution in [2.24, 2.45) is 0 Å². The Bertz CT molecular complexity index is 287. The molecule has 0 spiro atoms. The molecule has 0 radical (unpaired) electrons. The van der Waals surface area contributed by atoms with E-state index in [0.717, 1.165) is 0 Å².